The van der Waals surface area contributed by atoms with Crippen LogP contribution in [-0.4, -0.2) is 22.2 Å². The molecule has 0 spiro atoms. The number of carboxylic acid groups (broad SMARTS) is 2. The van der Waals surface area contributed by atoms with Gasteiger partial charge in [0.25, 0.3) is 0 Å². The molecule has 0 radical (unpaired) electrons. The number of hydrogen-bond donors (Lipinski definition) is 2. The summed E-state index contributed by atoms with van der Waals surface area (Å²) >= 11 is 1.35. The summed E-state index contributed by atoms with van der Waals surface area (Å²) in [6, 6.07) is 1.78. The molecule has 2 rings (SSSR count). The van der Waals surface area contributed by atoms with E-state index < -0.39 is 17.4 Å². The average Bonchev–Trinajstić information content (AvgIpc) is 2.84. The molecule has 1 aromatic rings. The van der Waals surface area contributed by atoms with Crippen LogP contribution >= 0.6 is 11.3 Å². The number of rotatable bonds is 4. The van der Waals surface area contributed by atoms with Gasteiger partial charge in [0, 0.05) is 9.75 Å². The van der Waals surface area contributed by atoms with Gasteiger partial charge in [-0.1, -0.05) is 13.8 Å². The molecule has 0 amide bonds. The minimum absolute atomic E-state index is 0.430. The van der Waals surface area contributed by atoms with Gasteiger partial charge in [0.2, 0.25) is 0 Å². The summed E-state index contributed by atoms with van der Waals surface area (Å²) in [7, 11) is 0. The molecule has 1 atom stereocenters. The minimum atomic E-state index is -1.83. The van der Waals surface area contributed by atoms with Crippen molar-refractivity contribution in [1.82, 2.24) is 0 Å². The van der Waals surface area contributed by atoms with Gasteiger partial charge in [-0.05, 0) is 43.2 Å². The molecule has 0 aliphatic heterocycles. The molecule has 0 fully saturated rings. The van der Waals surface area contributed by atoms with E-state index >= 15 is 0 Å². The second kappa shape index (κ2) is 4.63. The monoisotopic (exact) mass is 282 g/mol. The van der Waals surface area contributed by atoms with Gasteiger partial charge in [0.05, 0.1) is 0 Å². The summed E-state index contributed by atoms with van der Waals surface area (Å²) in [6.45, 7) is 5.63. The number of hydrogen-bond acceptors (Lipinski definition) is 3. The van der Waals surface area contributed by atoms with Gasteiger partial charge < -0.3 is 10.2 Å². The average molecular weight is 282 g/mol. The molecule has 0 saturated heterocycles. The Labute approximate surface area is 116 Å². The quantitative estimate of drug-likeness (QED) is 0.832. The van der Waals surface area contributed by atoms with Crippen LogP contribution in [0.2, 0.25) is 0 Å². The molecule has 1 aromatic heterocycles. The molecule has 1 heterocycles. The van der Waals surface area contributed by atoms with Gasteiger partial charge in [0.1, 0.15) is 0 Å². The fourth-order valence-electron chi connectivity index (χ4n) is 2.42. The van der Waals surface area contributed by atoms with E-state index in [0.717, 1.165) is 23.3 Å². The first kappa shape index (κ1) is 14.1. The normalized spacial score (nSPS) is 18.6. The van der Waals surface area contributed by atoms with Crippen LogP contribution in [0.5, 0.6) is 0 Å². The van der Waals surface area contributed by atoms with Gasteiger partial charge in [-0.25, -0.2) is 0 Å². The number of thiophene rings is 1. The first-order valence-electron chi connectivity index (χ1n) is 6.35. The van der Waals surface area contributed by atoms with Crippen LogP contribution < -0.4 is 0 Å². The lowest BCUT2D eigenvalue weighted by Gasteiger charge is -2.18. The molecule has 2 N–H and O–H groups in total. The molecule has 1 aliphatic carbocycles. The molecule has 19 heavy (non-hydrogen) atoms. The highest BCUT2D eigenvalue weighted by atomic mass is 32.1. The lowest BCUT2D eigenvalue weighted by Crippen LogP contribution is -2.40. The van der Waals surface area contributed by atoms with Crippen LogP contribution in [0.15, 0.2) is 6.07 Å². The van der Waals surface area contributed by atoms with Gasteiger partial charge in [0.15, 0.2) is 5.41 Å². The van der Waals surface area contributed by atoms with Crippen molar-refractivity contribution in [2.24, 2.45) is 11.8 Å². The summed E-state index contributed by atoms with van der Waals surface area (Å²) in [5.74, 6) is -1.43. The van der Waals surface area contributed by atoms with Crippen molar-refractivity contribution >= 4 is 23.3 Å². The topological polar surface area (TPSA) is 74.6 Å². The molecule has 0 aromatic carbocycles. The van der Waals surface area contributed by atoms with Crippen LogP contribution in [-0.2, 0) is 27.8 Å². The van der Waals surface area contributed by atoms with Crippen LogP contribution in [0.4, 0.5) is 0 Å². The molecule has 4 nitrogen and oxygen atoms in total. The van der Waals surface area contributed by atoms with Gasteiger partial charge in [-0.2, -0.15) is 0 Å². The molecule has 0 saturated carbocycles. The molecule has 104 valence electrons. The highest BCUT2D eigenvalue weighted by molar-refractivity contribution is 7.12. The van der Waals surface area contributed by atoms with Crippen molar-refractivity contribution in [3.63, 3.8) is 0 Å². The summed E-state index contributed by atoms with van der Waals surface area (Å²) in [6.07, 6.45) is 1.87. The summed E-state index contributed by atoms with van der Waals surface area (Å²) in [5.41, 5.74) is -0.699. The van der Waals surface area contributed by atoms with E-state index in [-0.39, 0.29) is 0 Å². The fourth-order valence-corrected chi connectivity index (χ4v) is 3.84. The van der Waals surface area contributed by atoms with Gasteiger partial charge in [-0.3, -0.25) is 9.59 Å². The summed E-state index contributed by atoms with van der Waals surface area (Å²) in [4.78, 5) is 24.2. The van der Waals surface area contributed by atoms with Crippen molar-refractivity contribution in [2.45, 2.75) is 39.0 Å². The van der Waals surface area contributed by atoms with Crippen molar-refractivity contribution in [1.29, 1.82) is 0 Å². The van der Waals surface area contributed by atoms with E-state index in [1.54, 1.807) is 6.07 Å². The lowest BCUT2D eigenvalue weighted by molar-refractivity contribution is -0.156. The number of carbonyl (C=O) groups is 2. The molecular formula is C14H18O4S. The highest BCUT2D eigenvalue weighted by Gasteiger charge is 2.46. The second-order valence-corrected chi connectivity index (χ2v) is 6.84. The SMILES string of the molecule is CC(C)C1Cc2cc(C(C)(C(=O)O)C(=O)O)sc2C1. The highest BCUT2D eigenvalue weighted by Crippen LogP contribution is 2.41. The smallest absolute Gasteiger partial charge is 0.326 e. The molecule has 0 bridgehead atoms. The Morgan fingerprint density at radius 1 is 1.32 bits per heavy atom. The third-order valence-electron chi connectivity index (χ3n) is 4.12. The zero-order chi connectivity index (χ0) is 14.4. The molecule has 5 heteroatoms. The Kier molecular flexibility index (Phi) is 3.43. The van der Waals surface area contributed by atoms with Crippen molar-refractivity contribution in [2.75, 3.05) is 0 Å². The van der Waals surface area contributed by atoms with E-state index in [1.807, 2.05) is 0 Å². The Balaban J connectivity index is 2.34. The summed E-state index contributed by atoms with van der Waals surface area (Å²) < 4.78 is 0. The maximum Gasteiger partial charge on any atom is 0.326 e. The first-order valence-corrected chi connectivity index (χ1v) is 7.17. The standard InChI is InChI=1S/C14H18O4S/c1-7(2)8-4-9-6-11(19-10(9)5-8)14(3,12(15)16)13(17)18/h6-8H,4-5H2,1-3H3,(H,15,16)(H,17,18). The Morgan fingerprint density at radius 2 is 1.89 bits per heavy atom. The van der Waals surface area contributed by atoms with Gasteiger partial charge >= 0.3 is 11.9 Å². The Hall–Kier alpha value is -1.36. The van der Waals surface area contributed by atoms with Crippen molar-refractivity contribution in [3.05, 3.63) is 21.4 Å². The molecular weight excluding hydrogens is 264 g/mol. The van der Waals surface area contributed by atoms with Crippen molar-refractivity contribution in [3.8, 4) is 0 Å². The predicted octanol–water partition coefficient (Wildman–Crippen LogP) is 2.55. The van der Waals surface area contributed by atoms with Crippen LogP contribution in [0, 0.1) is 11.8 Å². The van der Waals surface area contributed by atoms with E-state index in [2.05, 4.69) is 13.8 Å². The van der Waals surface area contributed by atoms with E-state index in [4.69, 9.17) is 0 Å². The number of fused-ring (bicyclic) bond motifs is 1. The zero-order valence-electron chi connectivity index (χ0n) is 11.3. The Bertz CT molecular complexity index is 492. The van der Waals surface area contributed by atoms with Crippen LogP contribution in [0.3, 0.4) is 0 Å². The number of aliphatic carboxylic acids is 2. The maximum absolute atomic E-state index is 11.3. The summed E-state index contributed by atoms with van der Waals surface area (Å²) in [5, 5.41) is 18.4. The fraction of sp³-hybridized carbons (Fsp3) is 0.571. The lowest BCUT2D eigenvalue weighted by atomic mass is 9.88. The molecule has 1 aliphatic rings. The van der Waals surface area contributed by atoms with E-state index in [9.17, 15) is 19.8 Å². The largest absolute Gasteiger partial charge is 0.480 e. The zero-order valence-corrected chi connectivity index (χ0v) is 12.1. The van der Waals surface area contributed by atoms with E-state index in [0.29, 0.717) is 16.7 Å². The van der Waals surface area contributed by atoms with E-state index in [1.165, 1.54) is 18.3 Å². The number of carboxylic acids is 2. The third kappa shape index (κ3) is 2.16. The first-order chi connectivity index (χ1) is 8.76. The van der Waals surface area contributed by atoms with Crippen molar-refractivity contribution < 1.29 is 19.8 Å². The Morgan fingerprint density at radius 3 is 2.32 bits per heavy atom. The minimum Gasteiger partial charge on any atom is -0.480 e. The maximum atomic E-state index is 11.3. The van der Waals surface area contributed by atoms with Crippen LogP contribution in [0.25, 0.3) is 0 Å². The van der Waals surface area contributed by atoms with Crippen LogP contribution in [0.1, 0.15) is 36.1 Å². The van der Waals surface area contributed by atoms with Gasteiger partial charge in [-0.15, -0.1) is 11.3 Å². The second-order valence-electron chi connectivity index (χ2n) is 5.71. The predicted molar refractivity (Wildman–Crippen MR) is 72.7 cm³/mol. The molecule has 1 unspecified atom stereocenters. The third-order valence-corrected chi connectivity index (χ3v) is 5.54.